The van der Waals surface area contributed by atoms with E-state index in [2.05, 4.69) is 46.8 Å². The highest BCUT2D eigenvalue weighted by Gasteiger charge is 2.16. The zero-order valence-electron chi connectivity index (χ0n) is 16.4. The summed E-state index contributed by atoms with van der Waals surface area (Å²) >= 11 is 1.30. The molecule has 0 atom stereocenters. The van der Waals surface area contributed by atoms with Crippen LogP contribution in [0.2, 0.25) is 0 Å². The number of aryl methyl sites for hydroxylation is 2. The predicted octanol–water partition coefficient (Wildman–Crippen LogP) is 2.54. The molecule has 1 aromatic carbocycles. The molecule has 28 heavy (non-hydrogen) atoms. The van der Waals surface area contributed by atoms with Gasteiger partial charge < -0.3 is 10.6 Å². The third kappa shape index (κ3) is 5.58. The van der Waals surface area contributed by atoms with Gasteiger partial charge in [0.15, 0.2) is 5.16 Å². The van der Waals surface area contributed by atoms with Crippen LogP contribution < -0.4 is 10.6 Å². The number of rotatable bonds is 7. The van der Waals surface area contributed by atoms with Crippen LogP contribution in [0.25, 0.3) is 5.69 Å². The Morgan fingerprint density at radius 3 is 2.68 bits per heavy atom. The lowest BCUT2D eigenvalue weighted by Crippen LogP contribution is -2.43. The first kappa shape index (κ1) is 20.4. The van der Waals surface area contributed by atoms with Crippen LogP contribution in [0.4, 0.5) is 0 Å². The number of amides is 2. The first-order valence-electron chi connectivity index (χ1n) is 9.69. The molecule has 2 N–H and O–H groups in total. The van der Waals surface area contributed by atoms with E-state index in [9.17, 15) is 9.59 Å². The molecule has 0 spiro atoms. The molecule has 1 aromatic heterocycles. The predicted molar refractivity (Wildman–Crippen MR) is 110 cm³/mol. The van der Waals surface area contributed by atoms with Crippen LogP contribution in [0.15, 0.2) is 29.7 Å². The largest absolute Gasteiger partial charge is 0.352 e. The lowest BCUT2D eigenvalue weighted by atomic mass is 9.95. The third-order valence-electron chi connectivity index (χ3n) is 5.03. The summed E-state index contributed by atoms with van der Waals surface area (Å²) < 4.78 is 1.86. The van der Waals surface area contributed by atoms with E-state index in [1.54, 1.807) is 6.33 Å². The Hall–Kier alpha value is -2.35. The standard InChI is InChI=1S/C20H27N5O2S/c1-14-8-9-17(10-15(14)2)25-13-22-24-20(25)28-12-19(27)21-11-18(26)23-16-6-4-3-5-7-16/h8-10,13,16H,3-7,11-12H2,1-2H3,(H,21,27)(H,23,26). The monoisotopic (exact) mass is 401 g/mol. The van der Waals surface area contributed by atoms with Crippen LogP contribution in [0, 0.1) is 13.8 Å². The summed E-state index contributed by atoms with van der Waals surface area (Å²) in [6.45, 7) is 4.14. The van der Waals surface area contributed by atoms with Gasteiger partial charge in [-0.05, 0) is 49.9 Å². The molecular formula is C20H27N5O2S. The van der Waals surface area contributed by atoms with E-state index in [0.29, 0.717) is 5.16 Å². The lowest BCUT2D eigenvalue weighted by molar-refractivity contribution is -0.125. The molecule has 1 saturated carbocycles. The van der Waals surface area contributed by atoms with E-state index in [-0.39, 0.29) is 30.2 Å². The molecule has 3 rings (SSSR count). The van der Waals surface area contributed by atoms with Crippen molar-refractivity contribution >= 4 is 23.6 Å². The molecule has 1 aliphatic rings. The van der Waals surface area contributed by atoms with Crippen LogP contribution in [-0.4, -0.2) is 44.9 Å². The first-order valence-corrected chi connectivity index (χ1v) is 10.7. The number of aromatic nitrogens is 3. The molecule has 7 nitrogen and oxygen atoms in total. The maximum atomic E-state index is 12.1. The highest BCUT2D eigenvalue weighted by molar-refractivity contribution is 7.99. The van der Waals surface area contributed by atoms with Crippen molar-refractivity contribution in [2.24, 2.45) is 0 Å². The summed E-state index contributed by atoms with van der Waals surface area (Å²) in [7, 11) is 0. The zero-order valence-corrected chi connectivity index (χ0v) is 17.2. The number of carbonyl (C=O) groups is 2. The van der Waals surface area contributed by atoms with E-state index < -0.39 is 0 Å². The molecular weight excluding hydrogens is 374 g/mol. The van der Waals surface area contributed by atoms with Gasteiger partial charge in [-0.2, -0.15) is 0 Å². The summed E-state index contributed by atoms with van der Waals surface area (Å²) in [6, 6.07) is 6.38. The topological polar surface area (TPSA) is 88.9 Å². The van der Waals surface area contributed by atoms with Gasteiger partial charge in [-0.25, -0.2) is 0 Å². The normalized spacial score (nSPS) is 14.6. The minimum Gasteiger partial charge on any atom is -0.352 e. The van der Waals surface area contributed by atoms with Crippen molar-refractivity contribution in [3.63, 3.8) is 0 Å². The minimum absolute atomic E-state index is 0.0136. The quantitative estimate of drug-likeness (QED) is 0.696. The molecule has 1 heterocycles. The van der Waals surface area contributed by atoms with Crippen molar-refractivity contribution in [1.29, 1.82) is 0 Å². The van der Waals surface area contributed by atoms with Gasteiger partial charge in [0, 0.05) is 11.7 Å². The highest BCUT2D eigenvalue weighted by Crippen LogP contribution is 2.21. The van der Waals surface area contributed by atoms with E-state index in [1.165, 1.54) is 29.3 Å². The van der Waals surface area contributed by atoms with Crippen molar-refractivity contribution < 1.29 is 9.59 Å². The summed E-state index contributed by atoms with van der Waals surface area (Å²) in [6.07, 6.45) is 7.27. The van der Waals surface area contributed by atoms with Gasteiger partial charge in [-0.15, -0.1) is 10.2 Å². The Bertz CT molecular complexity index is 830. The fourth-order valence-electron chi connectivity index (χ4n) is 3.26. The Balaban J connectivity index is 1.46. The number of carbonyl (C=O) groups excluding carboxylic acids is 2. The van der Waals surface area contributed by atoms with Crippen molar-refractivity contribution in [3.05, 3.63) is 35.7 Å². The molecule has 1 aliphatic carbocycles. The number of nitrogens with one attached hydrogen (secondary N) is 2. The first-order chi connectivity index (χ1) is 13.5. The average Bonchev–Trinajstić information content (AvgIpc) is 3.16. The van der Waals surface area contributed by atoms with Crippen molar-refractivity contribution in [3.8, 4) is 5.69 Å². The molecule has 8 heteroatoms. The van der Waals surface area contributed by atoms with Gasteiger partial charge in [-0.1, -0.05) is 37.1 Å². The van der Waals surface area contributed by atoms with Crippen molar-refractivity contribution in [1.82, 2.24) is 25.4 Å². The highest BCUT2D eigenvalue weighted by atomic mass is 32.2. The fourth-order valence-corrected chi connectivity index (χ4v) is 4.02. The summed E-state index contributed by atoms with van der Waals surface area (Å²) in [5, 5.41) is 14.4. The maximum absolute atomic E-state index is 12.1. The van der Waals surface area contributed by atoms with Crippen LogP contribution in [0.1, 0.15) is 43.2 Å². The van der Waals surface area contributed by atoms with Gasteiger partial charge in [-0.3, -0.25) is 14.2 Å². The fraction of sp³-hybridized carbons (Fsp3) is 0.500. The van der Waals surface area contributed by atoms with E-state index in [1.807, 2.05) is 10.6 Å². The molecule has 0 unspecified atom stereocenters. The van der Waals surface area contributed by atoms with Gasteiger partial charge in [0.1, 0.15) is 6.33 Å². The smallest absolute Gasteiger partial charge is 0.239 e. The Morgan fingerprint density at radius 1 is 1.14 bits per heavy atom. The molecule has 0 aliphatic heterocycles. The maximum Gasteiger partial charge on any atom is 0.239 e. The van der Waals surface area contributed by atoms with Gasteiger partial charge in [0.05, 0.1) is 12.3 Å². The third-order valence-corrected chi connectivity index (χ3v) is 5.98. The van der Waals surface area contributed by atoms with Crippen LogP contribution in [-0.2, 0) is 9.59 Å². The Morgan fingerprint density at radius 2 is 1.93 bits per heavy atom. The summed E-state index contributed by atoms with van der Waals surface area (Å²) in [5.41, 5.74) is 3.36. The van der Waals surface area contributed by atoms with Crippen LogP contribution in [0.5, 0.6) is 0 Å². The van der Waals surface area contributed by atoms with Crippen molar-refractivity contribution in [2.75, 3.05) is 12.3 Å². The second-order valence-electron chi connectivity index (χ2n) is 7.22. The SMILES string of the molecule is Cc1ccc(-n2cnnc2SCC(=O)NCC(=O)NC2CCCCC2)cc1C. The second-order valence-corrected chi connectivity index (χ2v) is 8.16. The molecule has 0 radical (unpaired) electrons. The van der Waals surface area contributed by atoms with Gasteiger partial charge >= 0.3 is 0 Å². The molecule has 0 bridgehead atoms. The van der Waals surface area contributed by atoms with E-state index >= 15 is 0 Å². The lowest BCUT2D eigenvalue weighted by Gasteiger charge is -2.22. The molecule has 150 valence electrons. The number of hydrogen-bond acceptors (Lipinski definition) is 5. The van der Waals surface area contributed by atoms with Crippen LogP contribution in [0.3, 0.4) is 0 Å². The number of hydrogen-bond donors (Lipinski definition) is 2. The van der Waals surface area contributed by atoms with Crippen LogP contribution >= 0.6 is 11.8 Å². The van der Waals surface area contributed by atoms with E-state index in [0.717, 1.165) is 31.4 Å². The number of thioether (sulfide) groups is 1. The number of nitrogens with zero attached hydrogens (tertiary/aromatic N) is 3. The zero-order chi connectivity index (χ0) is 19.9. The molecule has 0 saturated heterocycles. The average molecular weight is 402 g/mol. The van der Waals surface area contributed by atoms with Gasteiger partial charge in [0.25, 0.3) is 0 Å². The molecule has 1 fully saturated rings. The molecule has 2 aromatic rings. The Kier molecular flexibility index (Phi) is 7.08. The van der Waals surface area contributed by atoms with E-state index in [4.69, 9.17) is 0 Å². The summed E-state index contributed by atoms with van der Waals surface area (Å²) in [5.74, 6) is -0.137. The molecule has 2 amide bonds. The summed E-state index contributed by atoms with van der Waals surface area (Å²) in [4.78, 5) is 24.1. The minimum atomic E-state index is -0.196. The second kappa shape index (κ2) is 9.73. The number of benzene rings is 1. The van der Waals surface area contributed by atoms with Crippen molar-refractivity contribution in [2.45, 2.75) is 57.1 Å². The van der Waals surface area contributed by atoms with Gasteiger partial charge in [0.2, 0.25) is 11.8 Å². The Labute approximate surface area is 169 Å².